The zero-order chi connectivity index (χ0) is 14.5. The van der Waals surface area contributed by atoms with Gasteiger partial charge in [0.25, 0.3) is 0 Å². The summed E-state index contributed by atoms with van der Waals surface area (Å²) in [5.41, 5.74) is 4.80. The van der Waals surface area contributed by atoms with Gasteiger partial charge in [-0.2, -0.15) is 0 Å². The highest BCUT2D eigenvalue weighted by molar-refractivity contribution is 5.43. The van der Waals surface area contributed by atoms with Gasteiger partial charge in [0.05, 0.1) is 7.11 Å². The third-order valence-corrected chi connectivity index (χ3v) is 3.65. The Morgan fingerprint density at radius 2 is 2.00 bits per heavy atom. The summed E-state index contributed by atoms with van der Waals surface area (Å²) in [6.07, 6.45) is 2.72. The van der Waals surface area contributed by atoms with E-state index in [0.717, 1.165) is 23.4 Å². The largest absolute Gasteiger partial charge is 0.496 e. The van der Waals surface area contributed by atoms with Crippen LogP contribution in [0.4, 0.5) is 0 Å². The van der Waals surface area contributed by atoms with Gasteiger partial charge in [0.2, 0.25) is 0 Å². The molecule has 0 saturated carbocycles. The first kappa shape index (κ1) is 14.5. The summed E-state index contributed by atoms with van der Waals surface area (Å²) in [5.74, 6) is 0.943. The minimum atomic E-state index is 0.259. The fraction of sp³-hybridized carbons (Fsp3) is 0.353. The van der Waals surface area contributed by atoms with Crippen molar-refractivity contribution >= 4 is 0 Å². The molecule has 0 fully saturated rings. The molecule has 2 rings (SSSR count). The molecule has 1 heterocycles. The predicted molar refractivity (Wildman–Crippen MR) is 82.2 cm³/mol. The lowest BCUT2D eigenvalue weighted by atomic mass is 9.95. The SMILES string of the molecule is CNC(Cc1ccccn1)c1cc(C)c(OC)cc1C. The van der Waals surface area contributed by atoms with Gasteiger partial charge in [-0.3, -0.25) is 4.98 Å². The van der Waals surface area contributed by atoms with Crippen LogP contribution in [0.3, 0.4) is 0 Å². The molecule has 0 bridgehead atoms. The maximum absolute atomic E-state index is 5.38. The van der Waals surface area contributed by atoms with Crippen molar-refractivity contribution in [1.29, 1.82) is 0 Å². The van der Waals surface area contributed by atoms with E-state index >= 15 is 0 Å². The number of nitrogens with one attached hydrogen (secondary N) is 1. The van der Waals surface area contributed by atoms with Gasteiger partial charge >= 0.3 is 0 Å². The number of methoxy groups -OCH3 is 1. The van der Waals surface area contributed by atoms with E-state index in [4.69, 9.17) is 4.74 Å². The molecule has 0 saturated heterocycles. The molecule has 0 amide bonds. The van der Waals surface area contributed by atoms with Crippen LogP contribution in [0, 0.1) is 13.8 Å². The lowest BCUT2D eigenvalue weighted by Crippen LogP contribution is -2.20. The lowest BCUT2D eigenvalue weighted by Gasteiger charge is -2.20. The van der Waals surface area contributed by atoms with Crippen molar-refractivity contribution in [2.24, 2.45) is 0 Å². The molecule has 106 valence electrons. The fourth-order valence-corrected chi connectivity index (χ4v) is 2.50. The topological polar surface area (TPSA) is 34.2 Å². The molecule has 1 unspecified atom stereocenters. The molecule has 1 N–H and O–H groups in total. The Hall–Kier alpha value is -1.87. The second kappa shape index (κ2) is 6.53. The number of pyridine rings is 1. The Balaban J connectivity index is 2.30. The molecule has 0 aliphatic carbocycles. The van der Waals surface area contributed by atoms with Crippen LogP contribution < -0.4 is 10.1 Å². The lowest BCUT2D eigenvalue weighted by molar-refractivity contribution is 0.410. The van der Waals surface area contributed by atoms with E-state index in [1.165, 1.54) is 11.1 Å². The summed E-state index contributed by atoms with van der Waals surface area (Å²) < 4.78 is 5.38. The normalized spacial score (nSPS) is 12.2. The maximum atomic E-state index is 5.38. The molecule has 0 aliphatic rings. The summed E-state index contributed by atoms with van der Waals surface area (Å²) in [7, 11) is 3.71. The number of aromatic nitrogens is 1. The molecule has 0 spiro atoms. The number of hydrogen-bond donors (Lipinski definition) is 1. The van der Waals surface area contributed by atoms with Gasteiger partial charge in [0, 0.05) is 24.4 Å². The van der Waals surface area contributed by atoms with Crippen molar-refractivity contribution < 1.29 is 4.74 Å². The number of likely N-dealkylation sites (N-methyl/N-ethyl adjacent to an activating group) is 1. The van der Waals surface area contributed by atoms with Gasteiger partial charge < -0.3 is 10.1 Å². The first-order valence-electron chi connectivity index (χ1n) is 6.88. The van der Waals surface area contributed by atoms with Crippen LogP contribution in [0.1, 0.15) is 28.4 Å². The molecule has 1 aromatic heterocycles. The average molecular weight is 270 g/mol. The van der Waals surface area contributed by atoms with Crippen LogP contribution in [-0.2, 0) is 6.42 Å². The zero-order valence-corrected chi connectivity index (χ0v) is 12.6. The summed E-state index contributed by atoms with van der Waals surface area (Å²) in [5, 5.41) is 3.39. The van der Waals surface area contributed by atoms with E-state index in [9.17, 15) is 0 Å². The second-order valence-electron chi connectivity index (χ2n) is 5.04. The Morgan fingerprint density at radius 1 is 1.20 bits per heavy atom. The van der Waals surface area contributed by atoms with E-state index in [-0.39, 0.29) is 6.04 Å². The molecule has 0 radical (unpaired) electrons. The van der Waals surface area contributed by atoms with E-state index in [1.807, 2.05) is 25.4 Å². The quantitative estimate of drug-likeness (QED) is 0.906. The molecule has 3 nitrogen and oxygen atoms in total. The van der Waals surface area contributed by atoms with Crippen molar-refractivity contribution in [2.45, 2.75) is 26.3 Å². The Labute approximate surface area is 121 Å². The van der Waals surface area contributed by atoms with E-state index in [0.29, 0.717) is 0 Å². The van der Waals surface area contributed by atoms with Gasteiger partial charge in [-0.05, 0) is 55.8 Å². The monoisotopic (exact) mass is 270 g/mol. The van der Waals surface area contributed by atoms with Crippen LogP contribution in [0.2, 0.25) is 0 Å². The molecule has 1 atom stereocenters. The minimum absolute atomic E-state index is 0.259. The average Bonchev–Trinajstić information content (AvgIpc) is 2.48. The first-order valence-corrected chi connectivity index (χ1v) is 6.88. The molecule has 0 aliphatic heterocycles. The highest BCUT2D eigenvalue weighted by Gasteiger charge is 2.15. The van der Waals surface area contributed by atoms with E-state index in [2.05, 4.69) is 42.3 Å². The van der Waals surface area contributed by atoms with Crippen LogP contribution in [0.5, 0.6) is 5.75 Å². The smallest absolute Gasteiger partial charge is 0.122 e. The van der Waals surface area contributed by atoms with Crippen LogP contribution >= 0.6 is 0 Å². The van der Waals surface area contributed by atoms with Crippen molar-refractivity contribution in [1.82, 2.24) is 10.3 Å². The third-order valence-electron chi connectivity index (χ3n) is 3.65. The molecular formula is C17H22N2O. The number of ether oxygens (including phenoxy) is 1. The van der Waals surface area contributed by atoms with Crippen molar-refractivity contribution in [3.63, 3.8) is 0 Å². The molecule has 2 aromatic rings. The molecule has 20 heavy (non-hydrogen) atoms. The van der Waals surface area contributed by atoms with E-state index in [1.54, 1.807) is 7.11 Å². The van der Waals surface area contributed by atoms with Crippen LogP contribution in [0.15, 0.2) is 36.5 Å². The Kier molecular flexibility index (Phi) is 4.74. The second-order valence-corrected chi connectivity index (χ2v) is 5.04. The van der Waals surface area contributed by atoms with E-state index < -0.39 is 0 Å². The highest BCUT2D eigenvalue weighted by atomic mass is 16.5. The van der Waals surface area contributed by atoms with Gasteiger partial charge in [0.1, 0.15) is 5.75 Å². The van der Waals surface area contributed by atoms with Gasteiger partial charge in [-0.15, -0.1) is 0 Å². The Bertz CT molecular complexity index is 567. The minimum Gasteiger partial charge on any atom is -0.496 e. The molecule has 1 aromatic carbocycles. The van der Waals surface area contributed by atoms with Crippen molar-refractivity contribution in [3.05, 3.63) is 58.9 Å². The maximum Gasteiger partial charge on any atom is 0.122 e. The van der Waals surface area contributed by atoms with Crippen molar-refractivity contribution in [2.75, 3.05) is 14.2 Å². The van der Waals surface area contributed by atoms with Gasteiger partial charge in [-0.25, -0.2) is 0 Å². The fourth-order valence-electron chi connectivity index (χ4n) is 2.50. The van der Waals surface area contributed by atoms with Gasteiger partial charge in [-0.1, -0.05) is 12.1 Å². The van der Waals surface area contributed by atoms with Crippen LogP contribution in [0.25, 0.3) is 0 Å². The first-order chi connectivity index (χ1) is 9.65. The summed E-state index contributed by atoms with van der Waals surface area (Å²) in [6.45, 7) is 4.20. The number of aryl methyl sites for hydroxylation is 2. The summed E-state index contributed by atoms with van der Waals surface area (Å²) in [4.78, 5) is 4.41. The zero-order valence-electron chi connectivity index (χ0n) is 12.6. The number of hydrogen-bond acceptors (Lipinski definition) is 3. The third kappa shape index (κ3) is 3.17. The van der Waals surface area contributed by atoms with Crippen LogP contribution in [-0.4, -0.2) is 19.1 Å². The number of rotatable bonds is 5. The van der Waals surface area contributed by atoms with Crippen molar-refractivity contribution in [3.8, 4) is 5.75 Å². The molecule has 3 heteroatoms. The highest BCUT2D eigenvalue weighted by Crippen LogP contribution is 2.28. The standard InChI is InChI=1S/C17H22N2O/c1-12-10-17(20-4)13(2)9-15(12)16(18-3)11-14-7-5-6-8-19-14/h5-10,16,18H,11H2,1-4H3. The number of benzene rings is 1. The summed E-state index contributed by atoms with van der Waals surface area (Å²) in [6, 6.07) is 10.6. The Morgan fingerprint density at radius 3 is 2.60 bits per heavy atom. The van der Waals surface area contributed by atoms with Gasteiger partial charge in [0.15, 0.2) is 0 Å². The molecular weight excluding hydrogens is 248 g/mol. The number of nitrogens with zero attached hydrogens (tertiary/aromatic N) is 1. The summed E-state index contributed by atoms with van der Waals surface area (Å²) >= 11 is 0. The predicted octanol–water partition coefficient (Wildman–Crippen LogP) is 3.21.